The summed E-state index contributed by atoms with van der Waals surface area (Å²) in [5, 5.41) is 0. The average molecular weight is 281 g/mol. The van der Waals surface area contributed by atoms with Gasteiger partial charge in [-0.05, 0) is 19.3 Å². The van der Waals surface area contributed by atoms with Gasteiger partial charge in [0.2, 0.25) is 0 Å². The summed E-state index contributed by atoms with van der Waals surface area (Å²) in [5.74, 6) is 0. The van der Waals surface area contributed by atoms with Crippen LogP contribution in [0.25, 0.3) is 0 Å². The van der Waals surface area contributed by atoms with E-state index in [4.69, 9.17) is 3.61 Å². The van der Waals surface area contributed by atoms with Crippen molar-refractivity contribution in [3.8, 4) is 0 Å². The molecule has 0 rings (SSSR count). The molecule has 0 aromatic heterocycles. The minimum absolute atomic E-state index is 0.0675. The second-order valence-electron chi connectivity index (χ2n) is 4.06. The number of hydrogen-bond acceptors (Lipinski definition) is 0. The quantitative estimate of drug-likeness (QED) is 0.411. The van der Waals surface area contributed by atoms with Crippen LogP contribution >= 0.6 is 7.92 Å². The van der Waals surface area contributed by atoms with Gasteiger partial charge in [0, 0.05) is 7.92 Å². The van der Waals surface area contributed by atoms with Crippen molar-refractivity contribution in [2.24, 2.45) is 0 Å². The monoisotopic (exact) mass is 280 g/mol. The zero-order valence-electron chi connectivity index (χ0n) is 10.6. The molecule has 15 heavy (non-hydrogen) atoms. The Bertz CT molecular complexity index is 82.6. The molecule has 0 N–H and O–H groups in total. The van der Waals surface area contributed by atoms with Crippen molar-refractivity contribution in [2.75, 3.05) is 18.5 Å². The first-order valence-corrected chi connectivity index (χ1v) is 8.80. The van der Waals surface area contributed by atoms with Crippen LogP contribution in [0.4, 0.5) is 3.61 Å². The Morgan fingerprint density at radius 1 is 0.733 bits per heavy atom. The first kappa shape index (κ1) is 18.2. The Morgan fingerprint density at radius 3 is 1.20 bits per heavy atom. The van der Waals surface area contributed by atoms with Crippen molar-refractivity contribution in [3.05, 3.63) is 0 Å². The van der Waals surface area contributed by atoms with Gasteiger partial charge in [0.25, 0.3) is 0 Å². The van der Waals surface area contributed by atoms with Crippen molar-refractivity contribution in [2.45, 2.75) is 59.3 Å². The third kappa shape index (κ3) is 14.9. The van der Waals surface area contributed by atoms with Crippen LogP contribution in [0, 0.1) is 0 Å². The van der Waals surface area contributed by atoms with Crippen molar-refractivity contribution in [1.29, 1.82) is 0 Å². The molecule has 0 fully saturated rings. The van der Waals surface area contributed by atoms with Gasteiger partial charge in [-0.15, -0.1) is 0 Å². The summed E-state index contributed by atoms with van der Waals surface area (Å²) < 4.78 is 9.12. The van der Waals surface area contributed by atoms with Gasteiger partial charge in [0.05, 0.1) is 18.5 Å². The zero-order valence-corrected chi connectivity index (χ0v) is 12.5. The number of hydrogen-bond donors (Lipinski definition) is 0. The Kier molecular flexibility index (Phi) is 21.0. The molecule has 0 aromatic carbocycles. The van der Waals surface area contributed by atoms with E-state index in [0.29, 0.717) is 0 Å². The van der Waals surface area contributed by atoms with Crippen molar-refractivity contribution in [3.63, 3.8) is 0 Å². The topological polar surface area (TPSA) is 0 Å². The third-order valence-corrected chi connectivity index (χ3v) is 5.83. The first-order valence-electron chi connectivity index (χ1n) is 6.30. The molecular weight excluding hydrogens is 253 g/mol. The van der Waals surface area contributed by atoms with E-state index in [1.165, 1.54) is 38.5 Å². The van der Waals surface area contributed by atoms with Crippen molar-refractivity contribution in [1.82, 2.24) is 0 Å². The van der Waals surface area contributed by atoms with Crippen LogP contribution in [-0.2, 0) is 15.9 Å². The van der Waals surface area contributed by atoms with Crippen LogP contribution < -0.4 is 0 Å². The Balaban J connectivity index is 0. The number of halogens is 1. The Labute approximate surface area is 105 Å². The van der Waals surface area contributed by atoms with E-state index in [1.807, 2.05) is 0 Å². The first-order chi connectivity index (χ1) is 7.35. The molecule has 0 saturated carbocycles. The van der Waals surface area contributed by atoms with Crippen LogP contribution in [-0.4, -0.2) is 18.5 Å². The van der Waals surface area contributed by atoms with Gasteiger partial charge in [-0.25, -0.2) is 0 Å². The standard InChI is InChI=1S/C12H27P.FH.Ni/c1-4-7-10-13(11-8-5-2)12-9-6-3;;/h4-12H2,1-3H3;1H;/q;;+1. The molecular formula is C12H28FNiP+. The summed E-state index contributed by atoms with van der Waals surface area (Å²) in [4.78, 5) is 0. The summed E-state index contributed by atoms with van der Waals surface area (Å²) in [5.41, 5.74) is 0. The second-order valence-corrected chi connectivity index (χ2v) is 7.06. The fourth-order valence-electron chi connectivity index (χ4n) is 1.66. The maximum absolute atomic E-state index is 9.12. The zero-order chi connectivity index (χ0) is 11.9. The molecule has 0 nitrogen and oxygen atoms in total. The van der Waals surface area contributed by atoms with E-state index in [0.717, 1.165) is 0 Å². The SMILES string of the molecule is CCCC[PH+](CCCC)CCCC.[F][Ni]. The Morgan fingerprint density at radius 2 is 1.00 bits per heavy atom. The van der Waals surface area contributed by atoms with E-state index in [1.54, 1.807) is 18.5 Å². The van der Waals surface area contributed by atoms with Crippen LogP contribution in [0.15, 0.2) is 0 Å². The molecule has 0 aliphatic carbocycles. The molecule has 0 saturated heterocycles. The molecule has 0 atom stereocenters. The maximum atomic E-state index is 9.12. The predicted molar refractivity (Wildman–Crippen MR) is 68.7 cm³/mol. The fourth-order valence-corrected chi connectivity index (χ4v) is 4.97. The average Bonchev–Trinajstić information content (AvgIpc) is 2.31. The van der Waals surface area contributed by atoms with Gasteiger partial charge in [0.15, 0.2) is 0 Å². The summed E-state index contributed by atoms with van der Waals surface area (Å²) >= 11 is 2.38. The second kappa shape index (κ2) is 17.3. The molecule has 0 amide bonds. The minimum atomic E-state index is 0.0675. The molecule has 0 spiro atoms. The number of rotatable bonds is 9. The third-order valence-electron chi connectivity index (χ3n) is 2.65. The van der Waals surface area contributed by atoms with Crippen molar-refractivity contribution < 1.29 is 19.5 Å². The number of unbranched alkanes of at least 4 members (excludes halogenated alkanes) is 3. The summed E-state index contributed by atoms with van der Waals surface area (Å²) in [6, 6.07) is 0. The van der Waals surface area contributed by atoms with Crippen LogP contribution in [0.5, 0.6) is 0 Å². The van der Waals surface area contributed by atoms with Gasteiger partial charge >= 0.3 is 19.5 Å². The molecule has 3 heteroatoms. The van der Waals surface area contributed by atoms with Gasteiger partial charge in [-0.1, -0.05) is 40.0 Å². The Hall–Kier alpha value is 0.854. The van der Waals surface area contributed by atoms with E-state index >= 15 is 0 Å². The van der Waals surface area contributed by atoms with Crippen LogP contribution in [0.3, 0.4) is 0 Å². The van der Waals surface area contributed by atoms with Crippen LogP contribution in [0.1, 0.15) is 59.3 Å². The summed E-state index contributed by atoms with van der Waals surface area (Å²) in [6.07, 6.45) is 13.4. The molecule has 0 aliphatic rings. The summed E-state index contributed by atoms with van der Waals surface area (Å²) in [6.45, 7) is 6.96. The molecule has 0 heterocycles. The van der Waals surface area contributed by atoms with E-state index in [-0.39, 0.29) is 7.92 Å². The molecule has 97 valence electrons. The van der Waals surface area contributed by atoms with Gasteiger partial charge < -0.3 is 0 Å². The van der Waals surface area contributed by atoms with Crippen LogP contribution in [0.2, 0.25) is 0 Å². The van der Waals surface area contributed by atoms with Gasteiger partial charge in [-0.2, -0.15) is 0 Å². The van der Waals surface area contributed by atoms with E-state index in [9.17, 15) is 0 Å². The summed E-state index contributed by atoms with van der Waals surface area (Å²) in [7, 11) is 0.0675. The van der Waals surface area contributed by atoms with Gasteiger partial charge in [0.1, 0.15) is 0 Å². The molecule has 0 aliphatic heterocycles. The molecule has 0 radical (unpaired) electrons. The molecule has 0 bridgehead atoms. The molecule has 0 aromatic rings. The molecule has 0 unspecified atom stereocenters. The van der Waals surface area contributed by atoms with Gasteiger partial charge in [-0.3, -0.25) is 0 Å². The van der Waals surface area contributed by atoms with E-state index < -0.39 is 0 Å². The van der Waals surface area contributed by atoms with Crippen molar-refractivity contribution >= 4 is 7.92 Å². The normalized spacial score (nSPS) is 10.1. The predicted octanol–water partition coefficient (Wildman–Crippen LogP) is 5.02. The fraction of sp³-hybridized carbons (Fsp3) is 1.00. The van der Waals surface area contributed by atoms with E-state index in [2.05, 4.69) is 36.7 Å².